The molecule has 1 aromatic heterocycles. The fourth-order valence-corrected chi connectivity index (χ4v) is 2.83. The van der Waals surface area contributed by atoms with Gasteiger partial charge in [0.15, 0.2) is 0 Å². The van der Waals surface area contributed by atoms with Crippen molar-refractivity contribution >= 4 is 23.3 Å². The third-order valence-corrected chi connectivity index (χ3v) is 4.30. The van der Waals surface area contributed by atoms with E-state index in [1.165, 1.54) is 0 Å². The van der Waals surface area contributed by atoms with Crippen molar-refractivity contribution in [2.45, 2.75) is 13.5 Å². The van der Waals surface area contributed by atoms with Gasteiger partial charge in [-0.25, -0.2) is 4.79 Å². The van der Waals surface area contributed by atoms with Gasteiger partial charge in [-0.2, -0.15) is 0 Å². The van der Waals surface area contributed by atoms with Gasteiger partial charge in [0.05, 0.1) is 12.8 Å². The molecule has 1 N–H and O–H groups in total. The van der Waals surface area contributed by atoms with Gasteiger partial charge in [-0.05, 0) is 36.8 Å². The molecule has 1 aliphatic heterocycles. The number of rotatable bonds is 3. The quantitative estimate of drug-likeness (QED) is 0.933. The monoisotopic (exact) mass is 333 g/mol. The molecule has 2 heterocycles. The van der Waals surface area contributed by atoms with Crippen LogP contribution in [0.5, 0.6) is 0 Å². The highest BCUT2D eigenvalue weighted by Gasteiger charge is 2.22. The summed E-state index contributed by atoms with van der Waals surface area (Å²) in [5, 5.41) is 3.57. The third kappa shape index (κ3) is 4.06. The lowest BCUT2D eigenvalue weighted by Gasteiger charge is -2.34. The van der Waals surface area contributed by atoms with Crippen molar-refractivity contribution in [1.29, 1.82) is 0 Å². The fourth-order valence-electron chi connectivity index (χ4n) is 2.66. The van der Waals surface area contributed by atoms with Crippen molar-refractivity contribution in [2.24, 2.45) is 0 Å². The lowest BCUT2D eigenvalue weighted by atomic mass is 10.2. The second kappa shape index (κ2) is 7.06. The Kier molecular flexibility index (Phi) is 4.88. The first kappa shape index (κ1) is 15.9. The number of nitrogens with one attached hydrogen (secondary N) is 1. The molecule has 1 aromatic carbocycles. The Labute approximate surface area is 140 Å². The van der Waals surface area contributed by atoms with Crippen molar-refractivity contribution in [2.75, 3.05) is 31.5 Å². The zero-order valence-electron chi connectivity index (χ0n) is 13.1. The number of aryl methyl sites for hydroxylation is 1. The molecule has 23 heavy (non-hydrogen) atoms. The van der Waals surface area contributed by atoms with Gasteiger partial charge in [0.25, 0.3) is 0 Å². The number of carbonyl (C=O) groups is 1. The average molecular weight is 334 g/mol. The van der Waals surface area contributed by atoms with Crippen LogP contribution >= 0.6 is 11.6 Å². The smallest absolute Gasteiger partial charge is 0.321 e. The topological polar surface area (TPSA) is 48.7 Å². The van der Waals surface area contributed by atoms with Crippen LogP contribution in [0.25, 0.3) is 0 Å². The van der Waals surface area contributed by atoms with E-state index in [0.717, 1.165) is 36.6 Å². The van der Waals surface area contributed by atoms with Crippen molar-refractivity contribution < 1.29 is 9.21 Å². The first-order valence-corrected chi connectivity index (χ1v) is 8.06. The summed E-state index contributed by atoms with van der Waals surface area (Å²) < 4.78 is 5.37. The van der Waals surface area contributed by atoms with E-state index in [1.807, 2.05) is 36.1 Å². The van der Waals surface area contributed by atoms with Crippen LogP contribution in [0.4, 0.5) is 10.5 Å². The summed E-state index contributed by atoms with van der Waals surface area (Å²) in [6, 6.07) is 9.29. The van der Waals surface area contributed by atoms with E-state index < -0.39 is 0 Å². The van der Waals surface area contributed by atoms with Crippen LogP contribution in [-0.4, -0.2) is 42.0 Å². The van der Waals surface area contributed by atoms with Gasteiger partial charge < -0.3 is 14.6 Å². The van der Waals surface area contributed by atoms with E-state index in [4.69, 9.17) is 16.0 Å². The zero-order chi connectivity index (χ0) is 16.2. The highest BCUT2D eigenvalue weighted by atomic mass is 35.5. The summed E-state index contributed by atoms with van der Waals surface area (Å²) in [4.78, 5) is 16.5. The highest BCUT2D eigenvalue weighted by Crippen LogP contribution is 2.21. The number of hydrogen-bond acceptors (Lipinski definition) is 3. The van der Waals surface area contributed by atoms with Crippen LogP contribution in [0.15, 0.2) is 41.0 Å². The Morgan fingerprint density at radius 1 is 1.26 bits per heavy atom. The molecule has 1 aliphatic rings. The van der Waals surface area contributed by atoms with Crippen molar-refractivity contribution in [3.8, 4) is 0 Å². The number of hydrogen-bond donors (Lipinski definition) is 1. The average Bonchev–Trinajstić information content (AvgIpc) is 3.04. The molecule has 3 rings (SSSR count). The zero-order valence-corrected chi connectivity index (χ0v) is 13.8. The molecule has 0 unspecified atom stereocenters. The second-order valence-corrected chi connectivity index (χ2v) is 6.17. The molecule has 2 amide bonds. The number of amides is 2. The van der Waals surface area contributed by atoms with Gasteiger partial charge in [-0.1, -0.05) is 17.7 Å². The number of carbonyl (C=O) groups excluding carboxylic acids is 1. The molecule has 1 fully saturated rings. The summed E-state index contributed by atoms with van der Waals surface area (Å²) >= 11 is 5.99. The predicted molar refractivity (Wildman–Crippen MR) is 90.8 cm³/mol. The number of benzene rings is 1. The number of urea groups is 1. The minimum atomic E-state index is -0.0759. The second-order valence-electron chi connectivity index (χ2n) is 5.73. The van der Waals surface area contributed by atoms with Crippen molar-refractivity contribution in [1.82, 2.24) is 9.80 Å². The standard InChI is InChI=1S/C17H20ClN3O2/c1-13-4-5-14(18)11-16(13)19-17(22)21-8-6-20(7-9-21)12-15-3-2-10-23-15/h2-5,10-11H,6-9,12H2,1H3,(H,19,22). The molecular weight excluding hydrogens is 314 g/mol. The van der Waals surface area contributed by atoms with E-state index >= 15 is 0 Å². The fraction of sp³-hybridized carbons (Fsp3) is 0.353. The number of anilines is 1. The van der Waals surface area contributed by atoms with Crippen LogP contribution in [-0.2, 0) is 6.54 Å². The molecule has 2 aromatic rings. The number of halogens is 1. The molecule has 1 saturated heterocycles. The summed E-state index contributed by atoms with van der Waals surface area (Å²) in [7, 11) is 0. The number of piperazine rings is 1. The van der Waals surface area contributed by atoms with E-state index in [2.05, 4.69) is 10.2 Å². The summed E-state index contributed by atoms with van der Waals surface area (Å²) in [6.07, 6.45) is 1.69. The summed E-state index contributed by atoms with van der Waals surface area (Å²) in [5.74, 6) is 0.956. The third-order valence-electron chi connectivity index (χ3n) is 4.06. The van der Waals surface area contributed by atoms with Gasteiger partial charge in [0, 0.05) is 36.9 Å². The normalized spacial score (nSPS) is 15.7. The Morgan fingerprint density at radius 2 is 2.04 bits per heavy atom. The Bertz CT molecular complexity index is 664. The minimum absolute atomic E-state index is 0.0759. The first-order chi connectivity index (χ1) is 11.1. The summed E-state index contributed by atoms with van der Waals surface area (Å²) in [6.45, 7) is 5.81. The maximum Gasteiger partial charge on any atom is 0.321 e. The van der Waals surface area contributed by atoms with E-state index in [9.17, 15) is 4.79 Å². The Balaban J connectivity index is 1.53. The van der Waals surface area contributed by atoms with Gasteiger partial charge in [0.2, 0.25) is 0 Å². The summed E-state index contributed by atoms with van der Waals surface area (Å²) in [5.41, 5.74) is 1.76. The van der Waals surface area contributed by atoms with Crippen molar-refractivity contribution in [3.05, 3.63) is 52.9 Å². The van der Waals surface area contributed by atoms with Gasteiger partial charge in [-0.3, -0.25) is 4.90 Å². The van der Waals surface area contributed by atoms with E-state index in [-0.39, 0.29) is 6.03 Å². The molecule has 0 radical (unpaired) electrons. The van der Waals surface area contributed by atoms with Crippen molar-refractivity contribution in [3.63, 3.8) is 0 Å². The van der Waals surface area contributed by atoms with Crippen LogP contribution in [0.2, 0.25) is 5.02 Å². The lowest BCUT2D eigenvalue weighted by molar-refractivity contribution is 0.137. The van der Waals surface area contributed by atoms with Crippen LogP contribution in [0.3, 0.4) is 0 Å². The minimum Gasteiger partial charge on any atom is -0.468 e. The Hall–Kier alpha value is -1.98. The molecule has 0 bridgehead atoms. The maximum atomic E-state index is 12.4. The molecule has 5 nitrogen and oxygen atoms in total. The molecule has 0 spiro atoms. The Morgan fingerprint density at radius 3 is 2.74 bits per heavy atom. The molecule has 0 saturated carbocycles. The van der Waals surface area contributed by atoms with Crippen LogP contribution < -0.4 is 5.32 Å². The van der Waals surface area contributed by atoms with E-state index in [0.29, 0.717) is 18.1 Å². The highest BCUT2D eigenvalue weighted by molar-refractivity contribution is 6.31. The largest absolute Gasteiger partial charge is 0.468 e. The molecule has 0 aliphatic carbocycles. The van der Waals surface area contributed by atoms with Crippen LogP contribution in [0, 0.1) is 6.92 Å². The SMILES string of the molecule is Cc1ccc(Cl)cc1NC(=O)N1CCN(Cc2ccco2)CC1. The van der Waals surface area contributed by atoms with E-state index in [1.54, 1.807) is 12.3 Å². The van der Waals surface area contributed by atoms with Crippen LogP contribution in [0.1, 0.15) is 11.3 Å². The number of furan rings is 1. The number of nitrogens with zero attached hydrogens (tertiary/aromatic N) is 2. The molecule has 0 atom stereocenters. The maximum absolute atomic E-state index is 12.4. The molecule has 6 heteroatoms. The predicted octanol–water partition coefficient (Wildman–Crippen LogP) is 3.59. The van der Waals surface area contributed by atoms with Gasteiger partial charge in [-0.15, -0.1) is 0 Å². The lowest BCUT2D eigenvalue weighted by Crippen LogP contribution is -2.49. The molecule has 122 valence electrons. The van der Waals surface area contributed by atoms with Gasteiger partial charge in [0.1, 0.15) is 5.76 Å². The van der Waals surface area contributed by atoms with Gasteiger partial charge >= 0.3 is 6.03 Å². The first-order valence-electron chi connectivity index (χ1n) is 7.68. The molecular formula is C17H20ClN3O2.